The van der Waals surface area contributed by atoms with E-state index in [0.717, 1.165) is 33.4 Å². The highest BCUT2D eigenvalue weighted by atomic mass is 14.8. The van der Waals surface area contributed by atoms with E-state index < -0.39 is 0 Å². The molecule has 19 heavy (non-hydrogen) atoms. The maximum absolute atomic E-state index is 4.78. The minimum Gasteiger partial charge on any atom is -0.254 e. The van der Waals surface area contributed by atoms with Gasteiger partial charge < -0.3 is 0 Å². The Labute approximate surface area is 112 Å². The van der Waals surface area contributed by atoms with Crippen molar-refractivity contribution in [2.75, 3.05) is 0 Å². The number of pyridine rings is 2. The van der Waals surface area contributed by atoms with Gasteiger partial charge in [0.25, 0.3) is 0 Å². The second kappa shape index (κ2) is 4.30. The third-order valence-corrected chi connectivity index (χ3v) is 3.39. The van der Waals surface area contributed by atoms with E-state index in [1.807, 2.05) is 25.1 Å². The highest BCUT2D eigenvalue weighted by Crippen LogP contribution is 2.31. The summed E-state index contributed by atoms with van der Waals surface area (Å²) in [5.74, 6) is 1.15. The van der Waals surface area contributed by atoms with Crippen molar-refractivity contribution in [1.29, 1.82) is 0 Å². The zero-order valence-corrected chi connectivity index (χ0v) is 10.2. The Balaban J connectivity index is 1.97. The molecule has 0 unspecified atom stereocenters. The van der Waals surface area contributed by atoms with Crippen LogP contribution in [-0.4, -0.2) is 9.97 Å². The lowest BCUT2D eigenvalue weighted by molar-refractivity contribution is 1.17. The average Bonchev–Trinajstić information content (AvgIpc) is 3.01. The highest BCUT2D eigenvalue weighted by Gasteiger charge is 2.20. The van der Waals surface area contributed by atoms with Gasteiger partial charge in [0, 0.05) is 28.6 Å². The average molecular weight is 243 g/mol. The minimum atomic E-state index is 0.966. The fourth-order valence-electron chi connectivity index (χ4n) is 2.43. The lowest BCUT2D eigenvalue weighted by atomic mass is 10.0. The number of nitrogens with zero attached hydrogens (tertiary/aromatic N) is 2. The van der Waals surface area contributed by atoms with Gasteiger partial charge in [0.1, 0.15) is 0 Å². The maximum atomic E-state index is 4.78. The molecule has 0 bridgehead atoms. The van der Waals surface area contributed by atoms with Gasteiger partial charge in [0.15, 0.2) is 0 Å². The van der Waals surface area contributed by atoms with Gasteiger partial charge in [0.05, 0.1) is 11.0 Å². The first-order valence-electron chi connectivity index (χ1n) is 6.28. The van der Waals surface area contributed by atoms with E-state index in [4.69, 9.17) is 4.98 Å². The Hall–Kier alpha value is -1.96. The van der Waals surface area contributed by atoms with Gasteiger partial charge in [-0.2, -0.15) is 0 Å². The molecule has 1 aliphatic rings. The van der Waals surface area contributed by atoms with E-state index >= 15 is 0 Å². The first-order chi connectivity index (χ1) is 9.42. The van der Waals surface area contributed by atoms with Gasteiger partial charge in [0.2, 0.25) is 0 Å². The van der Waals surface area contributed by atoms with Crippen molar-refractivity contribution in [3.8, 4) is 0 Å². The van der Waals surface area contributed by atoms with Crippen LogP contribution in [0.1, 0.15) is 5.69 Å². The van der Waals surface area contributed by atoms with Crippen LogP contribution in [0.4, 0.5) is 0 Å². The van der Waals surface area contributed by atoms with Crippen LogP contribution in [-0.2, 0) is 0 Å². The first-order valence-corrected chi connectivity index (χ1v) is 6.28. The van der Waals surface area contributed by atoms with Crippen LogP contribution in [0.3, 0.4) is 0 Å². The molecule has 0 saturated heterocycles. The van der Waals surface area contributed by atoms with Crippen molar-refractivity contribution < 1.29 is 0 Å². The van der Waals surface area contributed by atoms with Crippen LogP contribution in [0.15, 0.2) is 42.6 Å². The van der Waals surface area contributed by atoms with Gasteiger partial charge in [-0.1, -0.05) is 24.3 Å². The summed E-state index contributed by atoms with van der Waals surface area (Å²) in [5, 5.41) is 2.25. The number of aromatic nitrogens is 2. The Morgan fingerprint density at radius 3 is 2.32 bits per heavy atom. The van der Waals surface area contributed by atoms with Crippen LogP contribution in [0.5, 0.6) is 0 Å². The predicted molar refractivity (Wildman–Crippen MR) is 76.6 cm³/mol. The lowest BCUT2D eigenvalue weighted by Crippen LogP contribution is -1.99. The van der Waals surface area contributed by atoms with Gasteiger partial charge in [-0.15, -0.1) is 0 Å². The van der Waals surface area contributed by atoms with Crippen LogP contribution in [0.25, 0.3) is 21.8 Å². The number of fused-ring (bicyclic) bond motifs is 3. The number of hydrogen-bond donors (Lipinski definition) is 0. The summed E-state index contributed by atoms with van der Waals surface area (Å²) in [6, 6.07) is 12.4. The molecule has 0 N–H and O–H groups in total. The van der Waals surface area contributed by atoms with Crippen LogP contribution >= 0.6 is 0 Å². The van der Waals surface area contributed by atoms with Gasteiger partial charge in [-0.05, 0) is 37.8 Å². The smallest absolute Gasteiger partial charge is 0.0968 e. The molecule has 2 heteroatoms. The predicted octanol–water partition coefficient (Wildman–Crippen LogP) is 3.54. The molecule has 1 aliphatic carbocycles. The summed E-state index contributed by atoms with van der Waals surface area (Å²) in [6.45, 7) is 0. The third-order valence-electron chi connectivity index (χ3n) is 3.39. The standard InChI is InChI=1S/C17H11N2/c1-2-5-12(4-1)15-10-9-14-8-7-13-6-3-11-18-16(13)17(14)19-15/h1-11H. The summed E-state index contributed by atoms with van der Waals surface area (Å²) >= 11 is 0. The molecule has 4 rings (SSSR count). The second-order valence-corrected chi connectivity index (χ2v) is 4.58. The molecule has 2 nitrogen and oxygen atoms in total. The van der Waals surface area contributed by atoms with E-state index in [-0.39, 0.29) is 0 Å². The second-order valence-electron chi connectivity index (χ2n) is 4.58. The number of rotatable bonds is 1. The van der Waals surface area contributed by atoms with E-state index in [1.165, 1.54) is 0 Å². The Kier molecular flexibility index (Phi) is 2.47. The fourth-order valence-corrected chi connectivity index (χ4v) is 2.43. The lowest BCUT2D eigenvalue weighted by Gasteiger charge is -2.09. The summed E-state index contributed by atoms with van der Waals surface area (Å²) in [4.78, 5) is 9.25. The van der Waals surface area contributed by atoms with E-state index in [9.17, 15) is 0 Å². The topological polar surface area (TPSA) is 25.8 Å². The molecule has 0 aliphatic heterocycles. The van der Waals surface area contributed by atoms with Crippen molar-refractivity contribution in [2.45, 2.75) is 0 Å². The van der Waals surface area contributed by atoms with Crippen molar-refractivity contribution in [3.05, 3.63) is 79.9 Å². The summed E-state index contributed by atoms with van der Waals surface area (Å²) in [7, 11) is 0. The molecular weight excluding hydrogens is 232 g/mol. The van der Waals surface area contributed by atoms with Crippen LogP contribution in [0, 0.1) is 31.6 Å². The Morgan fingerprint density at radius 2 is 1.47 bits per heavy atom. The molecule has 1 aromatic carbocycles. The SMILES string of the molecule is [CH]1[CH][CH][C](c2ccc3ccc4cccnc4c3n2)[CH]1. The summed E-state index contributed by atoms with van der Waals surface area (Å²) < 4.78 is 0. The molecule has 1 saturated carbocycles. The van der Waals surface area contributed by atoms with Crippen molar-refractivity contribution >= 4 is 21.8 Å². The van der Waals surface area contributed by atoms with E-state index in [0.29, 0.717) is 0 Å². The molecule has 0 amide bonds. The molecule has 2 aromatic heterocycles. The molecule has 2 heterocycles. The van der Waals surface area contributed by atoms with Crippen LogP contribution < -0.4 is 0 Å². The highest BCUT2D eigenvalue weighted by molar-refractivity contribution is 6.02. The summed E-state index contributed by atoms with van der Waals surface area (Å²) in [6.07, 6.45) is 10.0. The molecule has 3 aromatic rings. The van der Waals surface area contributed by atoms with Crippen LogP contribution in [0.2, 0.25) is 0 Å². The zero-order valence-electron chi connectivity index (χ0n) is 10.2. The summed E-state index contributed by atoms with van der Waals surface area (Å²) in [5.41, 5.74) is 2.93. The minimum absolute atomic E-state index is 0.966. The normalized spacial score (nSPS) is 16.4. The first kappa shape index (κ1) is 10.9. The van der Waals surface area contributed by atoms with E-state index in [2.05, 4.69) is 48.2 Å². The fraction of sp³-hybridized carbons (Fsp3) is 0. The maximum Gasteiger partial charge on any atom is 0.0968 e. The Morgan fingerprint density at radius 1 is 0.737 bits per heavy atom. The van der Waals surface area contributed by atoms with Crippen molar-refractivity contribution in [1.82, 2.24) is 9.97 Å². The van der Waals surface area contributed by atoms with Gasteiger partial charge in [-0.3, -0.25) is 4.98 Å². The zero-order chi connectivity index (χ0) is 12.7. The van der Waals surface area contributed by atoms with Crippen molar-refractivity contribution in [2.24, 2.45) is 0 Å². The largest absolute Gasteiger partial charge is 0.254 e. The Bertz CT molecular complexity index is 742. The molecule has 89 valence electrons. The van der Waals surface area contributed by atoms with Gasteiger partial charge in [-0.25, -0.2) is 4.98 Å². The van der Waals surface area contributed by atoms with E-state index in [1.54, 1.807) is 0 Å². The molecular formula is C17H11N2. The monoisotopic (exact) mass is 243 g/mol. The van der Waals surface area contributed by atoms with Gasteiger partial charge >= 0.3 is 0 Å². The molecule has 1 fully saturated rings. The molecule has 0 atom stereocenters. The third kappa shape index (κ3) is 1.79. The molecule has 5 radical (unpaired) electrons. The quantitative estimate of drug-likeness (QED) is 0.611. The molecule has 0 spiro atoms. The van der Waals surface area contributed by atoms with Crippen molar-refractivity contribution in [3.63, 3.8) is 0 Å². The number of hydrogen-bond acceptors (Lipinski definition) is 2. The number of benzene rings is 1.